The Labute approximate surface area is 247 Å². The maximum absolute atomic E-state index is 14.1. The Hall–Kier alpha value is -3.07. The van der Waals surface area contributed by atoms with Crippen molar-refractivity contribution >= 4 is 50.7 Å². The van der Waals surface area contributed by atoms with Crippen LogP contribution in [0.15, 0.2) is 72.8 Å². The maximum atomic E-state index is 14.1. The van der Waals surface area contributed by atoms with Gasteiger partial charge in [0.1, 0.15) is 12.6 Å². The first kappa shape index (κ1) is 31.5. The van der Waals surface area contributed by atoms with Crippen molar-refractivity contribution in [3.63, 3.8) is 0 Å². The van der Waals surface area contributed by atoms with Crippen LogP contribution < -0.4 is 9.62 Å². The van der Waals surface area contributed by atoms with Gasteiger partial charge in [0.25, 0.3) is 0 Å². The summed E-state index contributed by atoms with van der Waals surface area (Å²) in [6.07, 6.45) is 2.00. The summed E-state index contributed by atoms with van der Waals surface area (Å²) >= 11 is 12.4. The number of benzene rings is 3. The number of carbonyl (C=O) groups excluding carboxylic acids is 2. The lowest BCUT2D eigenvalue weighted by Crippen LogP contribution is -2.54. The van der Waals surface area contributed by atoms with Crippen LogP contribution in [-0.2, 0) is 32.6 Å². The van der Waals surface area contributed by atoms with E-state index in [0.717, 1.165) is 21.7 Å². The molecule has 1 N–H and O–H groups in total. The van der Waals surface area contributed by atoms with E-state index in [2.05, 4.69) is 5.32 Å². The summed E-state index contributed by atoms with van der Waals surface area (Å²) in [5, 5.41) is 3.68. The molecule has 0 radical (unpaired) electrons. The van der Waals surface area contributed by atoms with Crippen molar-refractivity contribution in [1.82, 2.24) is 10.2 Å². The van der Waals surface area contributed by atoms with Gasteiger partial charge in [-0.25, -0.2) is 8.42 Å². The number of aryl methyl sites for hydroxylation is 1. The molecule has 0 bridgehead atoms. The molecule has 0 heterocycles. The highest BCUT2D eigenvalue weighted by atomic mass is 35.5. The van der Waals surface area contributed by atoms with Gasteiger partial charge in [-0.1, -0.05) is 78.7 Å². The molecule has 40 heavy (non-hydrogen) atoms. The monoisotopic (exact) mass is 603 g/mol. The van der Waals surface area contributed by atoms with Gasteiger partial charge >= 0.3 is 0 Å². The topological polar surface area (TPSA) is 86.8 Å². The largest absolute Gasteiger partial charge is 0.352 e. The van der Waals surface area contributed by atoms with Crippen LogP contribution in [0.1, 0.15) is 37.0 Å². The Bertz CT molecular complexity index is 1430. The zero-order chi connectivity index (χ0) is 29.4. The lowest BCUT2D eigenvalue weighted by Gasteiger charge is -2.34. The molecule has 3 aromatic carbocycles. The quantitative estimate of drug-likeness (QED) is 0.291. The summed E-state index contributed by atoms with van der Waals surface area (Å²) < 4.78 is 26.8. The predicted molar refractivity (Wildman–Crippen MR) is 162 cm³/mol. The minimum atomic E-state index is -3.83. The van der Waals surface area contributed by atoms with Gasteiger partial charge in [0.2, 0.25) is 21.8 Å². The first-order valence-electron chi connectivity index (χ1n) is 13.0. The number of nitrogens with zero attached hydrogens (tertiary/aromatic N) is 2. The van der Waals surface area contributed by atoms with Gasteiger partial charge in [0, 0.05) is 19.0 Å². The lowest BCUT2D eigenvalue weighted by atomic mass is 10.0. The minimum Gasteiger partial charge on any atom is -0.352 e. The lowest BCUT2D eigenvalue weighted by molar-refractivity contribution is -0.140. The average molecular weight is 605 g/mol. The van der Waals surface area contributed by atoms with E-state index in [1.807, 2.05) is 57.2 Å². The second-order valence-corrected chi connectivity index (χ2v) is 12.6. The first-order chi connectivity index (χ1) is 18.9. The molecule has 0 saturated heterocycles. The Morgan fingerprint density at radius 1 is 0.925 bits per heavy atom. The number of halogens is 2. The molecule has 3 rings (SSSR count). The number of hydrogen-bond acceptors (Lipinski definition) is 4. The fraction of sp³-hybridized carbons (Fsp3) is 0.333. The molecule has 2 amide bonds. The van der Waals surface area contributed by atoms with Gasteiger partial charge in [-0.05, 0) is 61.2 Å². The van der Waals surface area contributed by atoms with E-state index in [0.29, 0.717) is 27.7 Å². The molecule has 2 atom stereocenters. The molecule has 0 aliphatic heterocycles. The van der Waals surface area contributed by atoms with Gasteiger partial charge in [-0.2, -0.15) is 0 Å². The summed E-state index contributed by atoms with van der Waals surface area (Å²) in [4.78, 5) is 29.2. The number of nitrogens with one attached hydrogen (secondary N) is 1. The Morgan fingerprint density at radius 2 is 1.62 bits per heavy atom. The van der Waals surface area contributed by atoms with Gasteiger partial charge in [-0.15, -0.1) is 0 Å². The summed E-state index contributed by atoms with van der Waals surface area (Å²) in [5.41, 5.74) is 2.73. The fourth-order valence-corrected chi connectivity index (χ4v) is 5.39. The Balaban J connectivity index is 2.08. The van der Waals surface area contributed by atoms with E-state index in [1.165, 1.54) is 4.90 Å². The number of amides is 2. The Kier molecular flexibility index (Phi) is 11.0. The molecule has 7 nitrogen and oxygen atoms in total. The maximum Gasteiger partial charge on any atom is 0.244 e. The van der Waals surface area contributed by atoms with E-state index in [1.54, 1.807) is 36.4 Å². The molecule has 0 saturated carbocycles. The minimum absolute atomic E-state index is 0.0204. The third-order valence-electron chi connectivity index (χ3n) is 6.58. The molecular formula is C30H35Cl2N3O4S. The standard InChI is InChI=1S/C30H35Cl2N3O4S/c1-5-22(3)33-30(37)28(18-23-11-7-6-8-12-23)34(19-24-14-15-26(31)27(32)17-24)29(36)20-35(40(4,38)39)25-13-9-10-21(2)16-25/h6-17,22,28H,5,18-20H2,1-4H3,(H,33,37)/t22-,28+/m0/s1. The number of rotatable bonds is 12. The average Bonchev–Trinajstić information content (AvgIpc) is 2.90. The van der Waals surface area contributed by atoms with Crippen LogP contribution in [-0.4, -0.2) is 50.0 Å². The van der Waals surface area contributed by atoms with Crippen LogP contribution in [0.2, 0.25) is 10.0 Å². The number of carbonyl (C=O) groups is 2. The van der Waals surface area contributed by atoms with E-state index in [4.69, 9.17) is 23.2 Å². The normalized spacial score (nSPS) is 12.8. The Morgan fingerprint density at radius 3 is 2.23 bits per heavy atom. The third-order valence-corrected chi connectivity index (χ3v) is 8.46. The summed E-state index contributed by atoms with van der Waals surface area (Å²) in [7, 11) is -3.83. The molecular weight excluding hydrogens is 569 g/mol. The zero-order valence-corrected chi connectivity index (χ0v) is 25.4. The zero-order valence-electron chi connectivity index (χ0n) is 23.1. The highest BCUT2D eigenvalue weighted by Crippen LogP contribution is 2.25. The molecule has 0 aliphatic carbocycles. The van der Waals surface area contributed by atoms with Crippen molar-refractivity contribution < 1.29 is 18.0 Å². The molecule has 0 unspecified atom stereocenters. The summed E-state index contributed by atoms with van der Waals surface area (Å²) in [5.74, 6) is -0.855. The molecule has 0 fully saturated rings. The third kappa shape index (κ3) is 8.71. The first-order valence-corrected chi connectivity index (χ1v) is 15.6. The molecule has 0 aliphatic rings. The predicted octanol–water partition coefficient (Wildman–Crippen LogP) is 5.62. The number of hydrogen-bond donors (Lipinski definition) is 1. The van der Waals surface area contributed by atoms with Crippen LogP contribution in [0.5, 0.6) is 0 Å². The van der Waals surface area contributed by atoms with E-state index < -0.39 is 28.5 Å². The van der Waals surface area contributed by atoms with Crippen LogP contribution in [0.4, 0.5) is 5.69 Å². The molecule has 0 spiro atoms. The SMILES string of the molecule is CC[C@H](C)NC(=O)[C@@H](Cc1ccccc1)N(Cc1ccc(Cl)c(Cl)c1)C(=O)CN(c1cccc(C)c1)S(C)(=O)=O. The van der Waals surface area contributed by atoms with Gasteiger partial charge in [-0.3, -0.25) is 13.9 Å². The highest BCUT2D eigenvalue weighted by molar-refractivity contribution is 7.92. The smallest absolute Gasteiger partial charge is 0.244 e. The van der Waals surface area contributed by atoms with Crippen LogP contribution in [0, 0.1) is 6.92 Å². The van der Waals surface area contributed by atoms with Gasteiger partial charge in [0.15, 0.2) is 0 Å². The van der Waals surface area contributed by atoms with Crippen molar-refractivity contribution in [2.75, 3.05) is 17.1 Å². The molecule has 3 aromatic rings. The second kappa shape index (κ2) is 14.0. The van der Waals surface area contributed by atoms with Crippen molar-refractivity contribution in [1.29, 1.82) is 0 Å². The second-order valence-electron chi connectivity index (χ2n) is 9.90. The van der Waals surface area contributed by atoms with E-state index >= 15 is 0 Å². The van der Waals surface area contributed by atoms with Crippen molar-refractivity contribution in [2.45, 2.75) is 52.2 Å². The van der Waals surface area contributed by atoms with Gasteiger partial charge in [0.05, 0.1) is 22.0 Å². The summed E-state index contributed by atoms with van der Waals surface area (Å²) in [6.45, 7) is 5.24. The van der Waals surface area contributed by atoms with Crippen LogP contribution in [0.3, 0.4) is 0 Å². The molecule has 10 heteroatoms. The highest BCUT2D eigenvalue weighted by Gasteiger charge is 2.33. The van der Waals surface area contributed by atoms with Crippen molar-refractivity contribution in [2.24, 2.45) is 0 Å². The number of sulfonamides is 1. The van der Waals surface area contributed by atoms with Crippen LogP contribution >= 0.6 is 23.2 Å². The van der Waals surface area contributed by atoms with Crippen molar-refractivity contribution in [3.05, 3.63) is 99.5 Å². The molecule has 214 valence electrons. The van der Waals surface area contributed by atoms with E-state index in [9.17, 15) is 18.0 Å². The summed E-state index contributed by atoms with van der Waals surface area (Å²) in [6, 6.07) is 20.3. The fourth-order valence-electron chi connectivity index (χ4n) is 4.23. The van der Waals surface area contributed by atoms with Gasteiger partial charge < -0.3 is 10.2 Å². The van der Waals surface area contributed by atoms with E-state index in [-0.39, 0.29) is 24.9 Å². The number of anilines is 1. The van der Waals surface area contributed by atoms with Crippen molar-refractivity contribution in [3.8, 4) is 0 Å². The van der Waals surface area contributed by atoms with Crippen LogP contribution in [0.25, 0.3) is 0 Å². The molecule has 0 aromatic heterocycles.